The third kappa shape index (κ3) is 3.56. The topological polar surface area (TPSA) is 65.8 Å². The molecule has 1 amide bonds. The van der Waals surface area contributed by atoms with Gasteiger partial charge in [0.1, 0.15) is 17.2 Å². The molecule has 0 saturated heterocycles. The molecular formula is C23H22BrFN6O. The van der Waals surface area contributed by atoms with Crippen LogP contribution in [0.15, 0.2) is 58.0 Å². The maximum Gasteiger partial charge on any atom is 0.267 e. The number of aliphatic imine (C=N–C) groups is 1. The van der Waals surface area contributed by atoms with E-state index in [9.17, 15) is 9.18 Å². The Labute approximate surface area is 193 Å². The lowest BCUT2D eigenvalue weighted by molar-refractivity contribution is 0.0866. The number of hydrogen-bond donors (Lipinski definition) is 1. The van der Waals surface area contributed by atoms with Crippen LogP contribution >= 0.6 is 15.9 Å². The molecule has 1 N–H and O–H groups in total. The fourth-order valence-electron chi connectivity index (χ4n) is 4.02. The number of rotatable bonds is 4. The summed E-state index contributed by atoms with van der Waals surface area (Å²) >= 11 is 3.46. The van der Waals surface area contributed by atoms with Gasteiger partial charge in [-0.2, -0.15) is 5.10 Å². The number of halogens is 2. The van der Waals surface area contributed by atoms with Crippen LogP contribution in [0.5, 0.6) is 0 Å². The first-order valence-corrected chi connectivity index (χ1v) is 11.0. The van der Waals surface area contributed by atoms with Crippen LogP contribution in [0.1, 0.15) is 29.8 Å². The molecule has 0 radical (unpaired) electrons. The van der Waals surface area contributed by atoms with Gasteiger partial charge in [-0.3, -0.25) is 14.6 Å². The number of guanidine groups is 1. The van der Waals surface area contributed by atoms with E-state index in [1.165, 1.54) is 12.1 Å². The summed E-state index contributed by atoms with van der Waals surface area (Å²) in [6.45, 7) is 5.16. The Kier molecular flexibility index (Phi) is 4.81. The molecule has 2 aliphatic heterocycles. The van der Waals surface area contributed by atoms with Gasteiger partial charge < -0.3 is 5.32 Å². The standard InChI is InChI=1S/C23H22BrFN6O/c1-23(2)13-30-20-18(21(32)29(3)22(30)27-23)19(26-17-10-8-16(25)9-11-17)31(28-20)12-14-4-6-15(24)7-5-14/h4-11,26H,12-13H2,1-3H3. The number of fused-ring (bicyclic) bond motifs is 3. The summed E-state index contributed by atoms with van der Waals surface area (Å²) in [6.07, 6.45) is 0. The van der Waals surface area contributed by atoms with Crippen molar-refractivity contribution in [3.8, 4) is 0 Å². The van der Waals surface area contributed by atoms with E-state index in [1.807, 2.05) is 43.0 Å². The van der Waals surface area contributed by atoms with Crippen LogP contribution in [0.2, 0.25) is 0 Å². The zero-order chi connectivity index (χ0) is 22.6. The highest BCUT2D eigenvalue weighted by molar-refractivity contribution is 9.10. The van der Waals surface area contributed by atoms with Gasteiger partial charge in [-0.05, 0) is 55.8 Å². The minimum Gasteiger partial charge on any atom is -0.340 e. The average Bonchev–Trinajstić information content (AvgIpc) is 3.27. The Morgan fingerprint density at radius 2 is 1.81 bits per heavy atom. The monoisotopic (exact) mass is 496 g/mol. The first-order chi connectivity index (χ1) is 15.2. The van der Waals surface area contributed by atoms with Crippen molar-refractivity contribution in [2.75, 3.05) is 23.8 Å². The quantitative estimate of drug-likeness (QED) is 0.572. The van der Waals surface area contributed by atoms with E-state index in [0.29, 0.717) is 41.9 Å². The number of hydrogen-bond acceptors (Lipinski definition) is 5. The van der Waals surface area contributed by atoms with Gasteiger partial charge in [0.05, 0.1) is 18.6 Å². The van der Waals surface area contributed by atoms with E-state index in [1.54, 1.807) is 28.8 Å². The zero-order valence-electron chi connectivity index (χ0n) is 17.9. The van der Waals surface area contributed by atoms with E-state index < -0.39 is 0 Å². The number of carbonyl (C=O) groups excluding carboxylic acids is 1. The molecular weight excluding hydrogens is 475 g/mol. The van der Waals surface area contributed by atoms with E-state index in [0.717, 1.165) is 10.0 Å². The molecule has 7 nitrogen and oxygen atoms in total. The molecule has 0 unspecified atom stereocenters. The van der Waals surface area contributed by atoms with Crippen molar-refractivity contribution >= 4 is 45.1 Å². The molecule has 3 heterocycles. The number of aromatic nitrogens is 2. The lowest BCUT2D eigenvalue weighted by Crippen LogP contribution is -2.48. The van der Waals surface area contributed by atoms with Gasteiger partial charge in [0.25, 0.3) is 5.91 Å². The molecule has 2 aromatic carbocycles. The average molecular weight is 497 g/mol. The summed E-state index contributed by atoms with van der Waals surface area (Å²) in [5, 5.41) is 8.14. The predicted molar refractivity (Wildman–Crippen MR) is 126 cm³/mol. The molecule has 32 heavy (non-hydrogen) atoms. The van der Waals surface area contributed by atoms with Crippen molar-refractivity contribution in [1.29, 1.82) is 0 Å². The summed E-state index contributed by atoms with van der Waals surface area (Å²) < 4.78 is 16.2. The summed E-state index contributed by atoms with van der Waals surface area (Å²) in [4.78, 5) is 21.7. The maximum absolute atomic E-state index is 13.4. The van der Waals surface area contributed by atoms with Gasteiger partial charge in [-0.1, -0.05) is 28.1 Å². The van der Waals surface area contributed by atoms with Crippen LogP contribution in [0.4, 0.5) is 21.7 Å². The molecule has 0 saturated carbocycles. The summed E-state index contributed by atoms with van der Waals surface area (Å²) in [7, 11) is 1.73. The zero-order valence-corrected chi connectivity index (χ0v) is 19.5. The summed E-state index contributed by atoms with van der Waals surface area (Å²) in [6, 6.07) is 14.0. The first-order valence-electron chi connectivity index (χ1n) is 10.3. The van der Waals surface area contributed by atoms with Crippen molar-refractivity contribution in [3.63, 3.8) is 0 Å². The van der Waals surface area contributed by atoms with Gasteiger partial charge >= 0.3 is 0 Å². The lowest BCUT2D eigenvalue weighted by atomic mass is 10.1. The molecule has 3 aromatic rings. The molecule has 0 fully saturated rings. The molecule has 164 valence electrons. The molecule has 5 rings (SSSR count). The highest BCUT2D eigenvalue weighted by Crippen LogP contribution is 2.38. The second-order valence-corrected chi connectivity index (χ2v) is 9.55. The fraction of sp³-hybridized carbons (Fsp3) is 0.261. The molecule has 2 aliphatic rings. The number of anilines is 3. The van der Waals surface area contributed by atoms with Gasteiger partial charge in [0.2, 0.25) is 5.96 Å². The van der Waals surface area contributed by atoms with Crippen molar-refractivity contribution in [2.45, 2.75) is 25.9 Å². The number of amides is 1. The van der Waals surface area contributed by atoms with Gasteiger partial charge in [-0.25, -0.2) is 14.1 Å². The van der Waals surface area contributed by atoms with E-state index in [2.05, 4.69) is 21.2 Å². The minimum atomic E-state index is -0.328. The Morgan fingerprint density at radius 3 is 2.50 bits per heavy atom. The van der Waals surface area contributed by atoms with Crippen molar-refractivity contribution in [3.05, 3.63) is 69.9 Å². The molecule has 0 bridgehead atoms. The third-order valence-corrected chi connectivity index (χ3v) is 6.08. The molecule has 9 heteroatoms. The molecule has 0 aliphatic carbocycles. The largest absolute Gasteiger partial charge is 0.340 e. The highest BCUT2D eigenvalue weighted by atomic mass is 79.9. The van der Waals surface area contributed by atoms with Crippen LogP contribution < -0.4 is 10.2 Å². The SMILES string of the molecule is CN1C(=O)c2c(nn(Cc3ccc(Br)cc3)c2Nc2ccc(F)cc2)N2CC(C)(C)N=C12. The van der Waals surface area contributed by atoms with E-state index in [-0.39, 0.29) is 17.3 Å². The van der Waals surface area contributed by atoms with Crippen molar-refractivity contribution < 1.29 is 9.18 Å². The smallest absolute Gasteiger partial charge is 0.267 e. The lowest BCUT2D eigenvalue weighted by Gasteiger charge is -2.30. The number of carbonyl (C=O) groups is 1. The van der Waals surface area contributed by atoms with Crippen LogP contribution in [-0.2, 0) is 6.54 Å². The minimum absolute atomic E-state index is 0.181. The molecule has 0 spiro atoms. The summed E-state index contributed by atoms with van der Waals surface area (Å²) in [5.41, 5.74) is 1.85. The third-order valence-electron chi connectivity index (χ3n) is 5.55. The Balaban J connectivity index is 1.63. The van der Waals surface area contributed by atoms with Crippen LogP contribution in [-0.4, -0.2) is 45.7 Å². The second kappa shape index (κ2) is 7.44. The van der Waals surface area contributed by atoms with Gasteiger partial charge in [0.15, 0.2) is 5.82 Å². The molecule has 1 aromatic heterocycles. The van der Waals surface area contributed by atoms with Gasteiger partial charge in [-0.15, -0.1) is 0 Å². The Hall–Kier alpha value is -3.20. The highest BCUT2D eigenvalue weighted by Gasteiger charge is 2.45. The Bertz CT molecular complexity index is 1230. The maximum atomic E-state index is 13.4. The summed E-state index contributed by atoms with van der Waals surface area (Å²) in [5.74, 6) is 1.25. The van der Waals surface area contributed by atoms with Crippen molar-refractivity contribution in [2.24, 2.45) is 4.99 Å². The van der Waals surface area contributed by atoms with Crippen LogP contribution in [0.3, 0.4) is 0 Å². The van der Waals surface area contributed by atoms with Crippen LogP contribution in [0.25, 0.3) is 0 Å². The number of nitrogens with zero attached hydrogens (tertiary/aromatic N) is 5. The fourth-order valence-corrected chi connectivity index (χ4v) is 4.28. The normalized spacial score (nSPS) is 16.7. The van der Waals surface area contributed by atoms with Gasteiger partial charge in [0, 0.05) is 17.2 Å². The first kappa shape index (κ1) is 20.7. The predicted octanol–water partition coefficient (Wildman–Crippen LogP) is 4.62. The molecule has 0 atom stereocenters. The second-order valence-electron chi connectivity index (χ2n) is 8.64. The van der Waals surface area contributed by atoms with Crippen molar-refractivity contribution in [1.82, 2.24) is 14.7 Å². The number of benzene rings is 2. The Morgan fingerprint density at radius 1 is 1.12 bits per heavy atom. The van der Waals surface area contributed by atoms with E-state index in [4.69, 9.17) is 10.1 Å². The number of nitrogens with one attached hydrogen (secondary N) is 1. The van der Waals surface area contributed by atoms with Crippen LogP contribution in [0, 0.1) is 5.82 Å². The van der Waals surface area contributed by atoms with E-state index >= 15 is 0 Å².